The molecule has 2 aromatic carbocycles. The lowest BCUT2D eigenvalue weighted by molar-refractivity contribution is -0.123. The number of carbonyl (C=O) groups is 2. The zero-order valence-electron chi connectivity index (χ0n) is 17.5. The highest BCUT2D eigenvalue weighted by Gasteiger charge is 2.24. The molecule has 0 spiro atoms. The van der Waals surface area contributed by atoms with Gasteiger partial charge >= 0.3 is 5.97 Å². The lowest BCUT2D eigenvalue weighted by atomic mass is 10.0. The number of carbonyl (C=O) groups excluding carboxylic acids is 2. The summed E-state index contributed by atoms with van der Waals surface area (Å²) in [5.74, 6) is -3.15. The summed E-state index contributed by atoms with van der Waals surface area (Å²) in [5, 5.41) is 3.32. The van der Waals surface area contributed by atoms with Crippen LogP contribution in [0.3, 0.4) is 0 Å². The molecule has 0 saturated heterocycles. The first kappa shape index (κ1) is 24.1. The summed E-state index contributed by atoms with van der Waals surface area (Å²) in [4.78, 5) is 25.3. The normalized spacial score (nSPS) is 10.3. The SMILES string of the molecule is COC(=O)c1c(NC(=S)NNC(=O)COc2ccc(F)cc2F)sc(C)c1-c1ccccc1. The second-order valence-corrected chi connectivity index (χ2v) is 8.22. The number of aryl methyl sites for hydroxylation is 1. The number of nitrogens with one attached hydrogen (secondary N) is 3. The van der Waals surface area contributed by atoms with Crippen molar-refractivity contribution in [1.29, 1.82) is 0 Å². The molecule has 0 aliphatic rings. The van der Waals surface area contributed by atoms with E-state index >= 15 is 0 Å². The fourth-order valence-electron chi connectivity index (χ4n) is 2.91. The minimum absolute atomic E-state index is 0.00216. The van der Waals surface area contributed by atoms with Gasteiger partial charge in [-0.25, -0.2) is 13.6 Å². The smallest absolute Gasteiger partial charge is 0.341 e. The van der Waals surface area contributed by atoms with Gasteiger partial charge in [0.2, 0.25) is 0 Å². The number of hydrazine groups is 1. The van der Waals surface area contributed by atoms with Crippen molar-refractivity contribution in [2.75, 3.05) is 19.0 Å². The molecule has 3 N–H and O–H groups in total. The minimum Gasteiger partial charge on any atom is -0.481 e. The van der Waals surface area contributed by atoms with Crippen molar-refractivity contribution in [3.05, 3.63) is 70.6 Å². The van der Waals surface area contributed by atoms with Crippen LogP contribution in [0, 0.1) is 18.6 Å². The molecule has 1 heterocycles. The predicted octanol–water partition coefficient (Wildman–Crippen LogP) is 4.18. The molecule has 0 unspecified atom stereocenters. The van der Waals surface area contributed by atoms with Gasteiger partial charge in [0.1, 0.15) is 16.4 Å². The van der Waals surface area contributed by atoms with Crippen LogP contribution in [-0.4, -0.2) is 30.7 Å². The molecule has 0 atom stereocenters. The largest absolute Gasteiger partial charge is 0.481 e. The number of anilines is 1. The standard InChI is InChI=1S/C22H19F2N3O4S2/c1-12-18(13-6-4-3-5-7-13)19(21(29)30-2)20(33-12)25-22(32)27-26-17(28)11-31-16-9-8-14(23)10-15(16)24/h3-10H,11H2,1-2H3,(H,26,28)(H2,25,27,32). The Morgan fingerprint density at radius 2 is 1.82 bits per heavy atom. The van der Waals surface area contributed by atoms with Gasteiger partial charge in [0.15, 0.2) is 23.3 Å². The maximum absolute atomic E-state index is 13.6. The number of benzene rings is 2. The lowest BCUT2D eigenvalue weighted by Crippen LogP contribution is -2.45. The fourth-order valence-corrected chi connectivity index (χ4v) is 4.20. The highest BCUT2D eigenvalue weighted by atomic mass is 32.1. The fraction of sp³-hybridized carbons (Fsp3) is 0.136. The summed E-state index contributed by atoms with van der Waals surface area (Å²) in [6.45, 7) is 1.33. The summed E-state index contributed by atoms with van der Waals surface area (Å²) in [6.07, 6.45) is 0. The van der Waals surface area contributed by atoms with Gasteiger partial charge < -0.3 is 14.8 Å². The number of hydrogen-bond acceptors (Lipinski definition) is 6. The Labute approximate surface area is 197 Å². The average molecular weight is 492 g/mol. The number of methoxy groups -OCH3 is 1. The number of rotatable bonds is 6. The molecule has 0 fully saturated rings. The van der Waals surface area contributed by atoms with Gasteiger partial charge in [-0.3, -0.25) is 15.6 Å². The molecule has 33 heavy (non-hydrogen) atoms. The van der Waals surface area contributed by atoms with Crippen molar-refractivity contribution in [1.82, 2.24) is 10.9 Å². The Morgan fingerprint density at radius 3 is 2.48 bits per heavy atom. The zero-order valence-corrected chi connectivity index (χ0v) is 19.2. The molecule has 0 saturated carbocycles. The van der Waals surface area contributed by atoms with Crippen molar-refractivity contribution < 1.29 is 27.8 Å². The van der Waals surface area contributed by atoms with Gasteiger partial charge in [-0.2, -0.15) is 0 Å². The number of hydrogen-bond donors (Lipinski definition) is 3. The van der Waals surface area contributed by atoms with Gasteiger partial charge in [-0.1, -0.05) is 30.3 Å². The van der Waals surface area contributed by atoms with Gasteiger partial charge in [-0.15, -0.1) is 11.3 Å². The van der Waals surface area contributed by atoms with E-state index in [2.05, 4.69) is 16.2 Å². The summed E-state index contributed by atoms with van der Waals surface area (Å²) in [7, 11) is 1.29. The van der Waals surface area contributed by atoms with E-state index in [1.807, 2.05) is 37.3 Å². The van der Waals surface area contributed by atoms with Crippen LogP contribution < -0.4 is 20.9 Å². The molecule has 0 bridgehead atoms. The molecule has 0 radical (unpaired) electrons. The van der Waals surface area contributed by atoms with Gasteiger partial charge in [0.05, 0.1) is 7.11 Å². The van der Waals surface area contributed by atoms with Crippen LogP contribution in [0.4, 0.5) is 13.8 Å². The Hall–Kier alpha value is -3.57. The monoisotopic (exact) mass is 491 g/mol. The van der Waals surface area contributed by atoms with Crippen molar-refractivity contribution in [3.8, 4) is 16.9 Å². The molecule has 1 amide bonds. The molecule has 1 aromatic heterocycles. The summed E-state index contributed by atoms with van der Waals surface area (Å²) in [6, 6.07) is 12.1. The van der Waals surface area contributed by atoms with Crippen molar-refractivity contribution in [2.45, 2.75) is 6.92 Å². The van der Waals surface area contributed by atoms with Gasteiger partial charge in [-0.05, 0) is 36.8 Å². The maximum Gasteiger partial charge on any atom is 0.341 e. The number of esters is 1. The number of thiophene rings is 1. The van der Waals surface area contributed by atoms with Crippen LogP contribution in [-0.2, 0) is 9.53 Å². The van der Waals surface area contributed by atoms with Crippen LogP contribution >= 0.6 is 23.6 Å². The molecule has 3 aromatic rings. The van der Waals surface area contributed by atoms with E-state index in [0.717, 1.165) is 28.1 Å². The number of halogens is 2. The summed E-state index contributed by atoms with van der Waals surface area (Å²) in [5.41, 5.74) is 6.66. The van der Waals surface area contributed by atoms with E-state index in [-0.39, 0.29) is 10.9 Å². The Morgan fingerprint density at radius 1 is 1.09 bits per heavy atom. The maximum atomic E-state index is 13.6. The number of thiocarbonyl (C=S) groups is 1. The third-order valence-electron chi connectivity index (χ3n) is 4.33. The highest BCUT2D eigenvalue weighted by Crippen LogP contribution is 2.40. The third-order valence-corrected chi connectivity index (χ3v) is 5.56. The molecule has 0 aliphatic heterocycles. The quantitative estimate of drug-likeness (QED) is 0.271. The lowest BCUT2D eigenvalue weighted by Gasteiger charge is -2.13. The Bertz CT molecular complexity index is 1190. The van der Waals surface area contributed by atoms with Gasteiger partial charge in [0, 0.05) is 16.5 Å². The highest BCUT2D eigenvalue weighted by molar-refractivity contribution is 7.80. The second kappa shape index (κ2) is 10.8. The minimum atomic E-state index is -0.925. The van der Waals surface area contributed by atoms with Crippen molar-refractivity contribution >= 4 is 45.5 Å². The first-order valence-electron chi connectivity index (χ1n) is 9.51. The van der Waals surface area contributed by atoms with Crippen molar-refractivity contribution in [2.24, 2.45) is 0 Å². The molecule has 3 rings (SSSR count). The third kappa shape index (κ3) is 6.02. The summed E-state index contributed by atoms with van der Waals surface area (Å²) >= 11 is 6.50. The zero-order chi connectivity index (χ0) is 24.0. The van der Waals surface area contributed by atoms with Gasteiger partial charge in [0.25, 0.3) is 5.91 Å². The molecule has 11 heteroatoms. The first-order valence-corrected chi connectivity index (χ1v) is 10.7. The van der Waals surface area contributed by atoms with E-state index in [9.17, 15) is 18.4 Å². The summed E-state index contributed by atoms with van der Waals surface area (Å²) < 4.78 is 36.5. The van der Waals surface area contributed by atoms with E-state index in [1.165, 1.54) is 18.4 Å². The van der Waals surface area contributed by atoms with Crippen LogP contribution in [0.2, 0.25) is 0 Å². The topological polar surface area (TPSA) is 88.7 Å². The molecule has 0 aliphatic carbocycles. The van der Waals surface area contributed by atoms with Crippen LogP contribution in [0.5, 0.6) is 5.75 Å². The van der Waals surface area contributed by atoms with Crippen LogP contribution in [0.1, 0.15) is 15.2 Å². The van der Waals surface area contributed by atoms with Crippen LogP contribution in [0.25, 0.3) is 11.1 Å². The first-order chi connectivity index (χ1) is 15.8. The number of amides is 1. The van der Waals surface area contributed by atoms with Crippen molar-refractivity contribution in [3.63, 3.8) is 0 Å². The number of ether oxygens (including phenoxy) is 2. The Balaban J connectivity index is 1.64. The molecular weight excluding hydrogens is 472 g/mol. The van der Waals surface area contributed by atoms with E-state index < -0.39 is 30.1 Å². The molecule has 172 valence electrons. The molecular formula is C22H19F2N3O4S2. The Kier molecular flexibility index (Phi) is 7.91. The molecule has 7 nitrogen and oxygen atoms in total. The van der Waals surface area contributed by atoms with E-state index in [0.29, 0.717) is 16.6 Å². The average Bonchev–Trinajstić information content (AvgIpc) is 3.12. The van der Waals surface area contributed by atoms with E-state index in [1.54, 1.807) is 0 Å². The second-order valence-electron chi connectivity index (χ2n) is 6.59. The van der Waals surface area contributed by atoms with E-state index in [4.69, 9.17) is 21.7 Å². The predicted molar refractivity (Wildman–Crippen MR) is 125 cm³/mol. The van der Waals surface area contributed by atoms with Crippen LogP contribution in [0.15, 0.2) is 48.5 Å².